The number of pyridine rings is 1. The second-order valence-corrected chi connectivity index (χ2v) is 10.7. The van der Waals surface area contributed by atoms with Crippen LogP contribution in [-0.2, 0) is 11.3 Å². The van der Waals surface area contributed by atoms with Gasteiger partial charge in [-0.05, 0) is 93.3 Å². The van der Waals surface area contributed by atoms with Crippen molar-refractivity contribution in [1.29, 1.82) is 5.41 Å². The predicted molar refractivity (Wildman–Crippen MR) is 159 cm³/mol. The van der Waals surface area contributed by atoms with Gasteiger partial charge in [0.15, 0.2) is 0 Å². The Morgan fingerprint density at radius 2 is 1.82 bits per heavy atom. The van der Waals surface area contributed by atoms with E-state index in [0.717, 1.165) is 72.2 Å². The summed E-state index contributed by atoms with van der Waals surface area (Å²) in [5, 5.41) is 14.0. The van der Waals surface area contributed by atoms with E-state index in [9.17, 15) is 14.4 Å². The van der Waals surface area contributed by atoms with Gasteiger partial charge in [-0.1, -0.05) is 19.4 Å². The highest BCUT2D eigenvalue weighted by Gasteiger charge is 2.27. The van der Waals surface area contributed by atoms with Crippen molar-refractivity contribution in [2.75, 3.05) is 11.9 Å². The van der Waals surface area contributed by atoms with Crippen molar-refractivity contribution in [3.8, 4) is 0 Å². The van der Waals surface area contributed by atoms with Gasteiger partial charge in [0.2, 0.25) is 5.91 Å². The van der Waals surface area contributed by atoms with Crippen LogP contribution in [0.5, 0.6) is 0 Å². The van der Waals surface area contributed by atoms with Crippen LogP contribution in [0.15, 0.2) is 29.1 Å². The number of hydrogen-bond donors (Lipinski definition) is 4. The number of H-pyrrole nitrogens is 1. The van der Waals surface area contributed by atoms with Crippen molar-refractivity contribution in [2.45, 2.75) is 91.8 Å². The van der Waals surface area contributed by atoms with Crippen molar-refractivity contribution in [2.24, 2.45) is 0 Å². The average Bonchev–Trinajstić information content (AvgIpc) is 2.88. The fraction of sp³-hybridized carbons (Fsp3) is 0.484. The molecule has 39 heavy (non-hydrogen) atoms. The molecule has 2 aromatic rings. The number of hydrogen-bond acceptors (Lipinski definition) is 5. The van der Waals surface area contributed by atoms with Gasteiger partial charge in [0.05, 0.1) is 0 Å². The van der Waals surface area contributed by atoms with Gasteiger partial charge in [-0.25, -0.2) is 0 Å². The minimum Gasteiger partial charge on any atom is -0.371 e. The SMILES string of the molecule is CCC/C=C(\C=N)c1cc(C(=O)NCc2c(C)cc(C)[nH]c2=O)c(C)c(N(C)[C@H]2CC[C@@H](NC(C)=O)CC2)c1. The number of aromatic nitrogens is 1. The third kappa shape index (κ3) is 7.46. The van der Waals surface area contributed by atoms with Crippen LogP contribution in [0.3, 0.4) is 0 Å². The second-order valence-electron chi connectivity index (χ2n) is 10.7. The number of rotatable bonds is 10. The lowest BCUT2D eigenvalue weighted by atomic mass is 9.89. The molecule has 1 heterocycles. The lowest BCUT2D eigenvalue weighted by Crippen LogP contribution is -2.42. The molecule has 0 saturated heterocycles. The molecule has 8 heteroatoms. The maximum atomic E-state index is 13.5. The fourth-order valence-corrected chi connectivity index (χ4v) is 5.48. The van der Waals surface area contributed by atoms with Gasteiger partial charge in [0, 0.05) is 61.3 Å². The molecule has 1 aromatic heterocycles. The number of anilines is 1. The average molecular weight is 534 g/mol. The molecule has 3 rings (SSSR count). The number of carbonyl (C=O) groups excluding carboxylic acids is 2. The number of aromatic amines is 1. The molecule has 2 amide bonds. The first kappa shape index (κ1) is 29.9. The standard InChI is InChI=1S/C31H43N5O3/c1-7-8-9-23(17-32)24-15-27(30(38)33-18-28-19(2)14-20(3)34-31(28)39)21(4)29(16-24)36(6)26-12-10-25(11-13-26)35-22(5)37/h9,14-17,25-26,32H,7-8,10-13,18H2,1-6H3,(H,33,38)(H,34,39)(H,35,37)/b23-9+,32-17?/t25-,26+. The van der Waals surface area contributed by atoms with Crippen molar-refractivity contribution < 1.29 is 9.59 Å². The quantitative estimate of drug-likeness (QED) is 0.323. The smallest absolute Gasteiger partial charge is 0.253 e. The van der Waals surface area contributed by atoms with Gasteiger partial charge in [-0.15, -0.1) is 0 Å². The molecule has 210 valence electrons. The lowest BCUT2D eigenvalue weighted by molar-refractivity contribution is -0.119. The molecular formula is C31H43N5O3. The van der Waals surface area contributed by atoms with Crippen molar-refractivity contribution in [3.05, 3.63) is 68.1 Å². The van der Waals surface area contributed by atoms with Crippen LogP contribution in [0.4, 0.5) is 5.69 Å². The van der Waals surface area contributed by atoms with E-state index in [-0.39, 0.29) is 36.0 Å². The van der Waals surface area contributed by atoms with Crippen molar-refractivity contribution >= 4 is 29.3 Å². The van der Waals surface area contributed by atoms with E-state index in [2.05, 4.69) is 40.6 Å². The molecule has 4 N–H and O–H groups in total. The molecule has 1 saturated carbocycles. The van der Waals surface area contributed by atoms with Gasteiger partial charge >= 0.3 is 0 Å². The summed E-state index contributed by atoms with van der Waals surface area (Å²) in [5.41, 5.74) is 5.92. The molecule has 1 aliphatic rings. The summed E-state index contributed by atoms with van der Waals surface area (Å²) < 4.78 is 0. The zero-order valence-corrected chi connectivity index (χ0v) is 24.2. The van der Waals surface area contributed by atoms with Crippen molar-refractivity contribution in [3.63, 3.8) is 0 Å². The Bertz CT molecular complexity index is 1300. The first-order chi connectivity index (χ1) is 18.5. The molecule has 0 unspecified atom stereocenters. The number of allylic oxidation sites excluding steroid dienone is 2. The van der Waals surface area contributed by atoms with Gasteiger partial charge in [-0.2, -0.15) is 0 Å². The minimum absolute atomic E-state index is 0.00636. The molecule has 1 aliphatic carbocycles. The predicted octanol–water partition coefficient (Wildman–Crippen LogP) is 4.95. The Morgan fingerprint density at radius 1 is 1.13 bits per heavy atom. The van der Waals surface area contributed by atoms with Gasteiger partial charge < -0.3 is 25.9 Å². The molecule has 1 fully saturated rings. The third-order valence-electron chi connectivity index (χ3n) is 7.72. The number of amides is 2. The largest absolute Gasteiger partial charge is 0.371 e. The Labute approximate surface area is 231 Å². The van der Waals surface area contributed by atoms with Crippen LogP contribution in [0, 0.1) is 26.2 Å². The Morgan fingerprint density at radius 3 is 2.41 bits per heavy atom. The molecule has 8 nitrogen and oxygen atoms in total. The van der Waals surface area contributed by atoms with Crippen LogP contribution in [-0.4, -0.2) is 42.1 Å². The molecule has 0 bridgehead atoms. The molecule has 0 spiro atoms. The monoisotopic (exact) mass is 533 g/mol. The van der Waals surface area contributed by atoms with Crippen LogP contribution in [0.1, 0.15) is 90.7 Å². The van der Waals surface area contributed by atoms with Crippen LogP contribution < -0.4 is 21.1 Å². The summed E-state index contributed by atoms with van der Waals surface area (Å²) in [4.78, 5) is 42.6. The maximum absolute atomic E-state index is 13.5. The van der Waals surface area contributed by atoms with Gasteiger partial charge in [0.1, 0.15) is 0 Å². The zero-order valence-electron chi connectivity index (χ0n) is 24.2. The Hall–Kier alpha value is -3.68. The topological polar surface area (TPSA) is 118 Å². The molecule has 0 atom stereocenters. The number of nitrogens with zero attached hydrogens (tertiary/aromatic N) is 1. The number of carbonyl (C=O) groups is 2. The molecule has 1 aromatic carbocycles. The van der Waals surface area contributed by atoms with E-state index in [0.29, 0.717) is 11.1 Å². The van der Waals surface area contributed by atoms with E-state index in [1.165, 1.54) is 6.21 Å². The fourth-order valence-electron chi connectivity index (χ4n) is 5.48. The number of nitrogens with one attached hydrogen (secondary N) is 4. The molecule has 0 aliphatic heterocycles. The number of aryl methyl sites for hydroxylation is 2. The van der Waals surface area contributed by atoms with Gasteiger partial charge in [-0.3, -0.25) is 14.4 Å². The van der Waals surface area contributed by atoms with Crippen LogP contribution in [0.2, 0.25) is 0 Å². The Kier molecular flexibility index (Phi) is 10.3. The first-order valence-corrected chi connectivity index (χ1v) is 13.9. The first-order valence-electron chi connectivity index (χ1n) is 13.9. The molecular weight excluding hydrogens is 490 g/mol. The molecule has 0 radical (unpaired) electrons. The van der Waals surface area contributed by atoms with Crippen LogP contribution >= 0.6 is 0 Å². The summed E-state index contributed by atoms with van der Waals surface area (Å²) in [7, 11) is 2.06. The highest BCUT2D eigenvalue weighted by molar-refractivity contribution is 6.10. The van der Waals surface area contributed by atoms with E-state index in [1.807, 2.05) is 39.0 Å². The zero-order chi connectivity index (χ0) is 28.7. The van der Waals surface area contributed by atoms with Crippen LogP contribution in [0.25, 0.3) is 5.57 Å². The highest BCUT2D eigenvalue weighted by Crippen LogP contribution is 2.33. The number of benzene rings is 1. The Balaban J connectivity index is 1.94. The van der Waals surface area contributed by atoms with E-state index in [1.54, 1.807) is 6.92 Å². The summed E-state index contributed by atoms with van der Waals surface area (Å²) >= 11 is 0. The summed E-state index contributed by atoms with van der Waals surface area (Å²) in [5.74, 6) is -0.246. The summed E-state index contributed by atoms with van der Waals surface area (Å²) in [6, 6.07) is 6.31. The second kappa shape index (κ2) is 13.4. The van der Waals surface area contributed by atoms with Gasteiger partial charge in [0.25, 0.3) is 11.5 Å². The number of unbranched alkanes of at least 4 members (excludes halogenated alkanes) is 1. The third-order valence-corrected chi connectivity index (χ3v) is 7.72. The summed E-state index contributed by atoms with van der Waals surface area (Å²) in [6.45, 7) is 9.45. The van der Waals surface area contributed by atoms with E-state index in [4.69, 9.17) is 5.41 Å². The van der Waals surface area contributed by atoms with E-state index < -0.39 is 0 Å². The van der Waals surface area contributed by atoms with Crippen molar-refractivity contribution in [1.82, 2.24) is 15.6 Å². The summed E-state index contributed by atoms with van der Waals surface area (Å²) in [6.07, 6.45) is 8.88. The normalized spacial score (nSPS) is 17.4. The highest BCUT2D eigenvalue weighted by atomic mass is 16.2. The van der Waals surface area contributed by atoms with E-state index >= 15 is 0 Å². The minimum atomic E-state index is -0.252. The lowest BCUT2D eigenvalue weighted by Gasteiger charge is -2.37. The maximum Gasteiger partial charge on any atom is 0.253 e.